The van der Waals surface area contributed by atoms with Crippen molar-refractivity contribution in [2.24, 2.45) is 0 Å². The zero-order valence-corrected chi connectivity index (χ0v) is 12.9. The number of likely N-dealkylation sites (tertiary alicyclic amines) is 1. The smallest absolute Gasteiger partial charge is 0.268 e. The number of aryl methyl sites for hydroxylation is 2. The van der Waals surface area contributed by atoms with Crippen LogP contribution in [0, 0.1) is 0 Å². The van der Waals surface area contributed by atoms with E-state index >= 15 is 0 Å². The molecule has 0 aliphatic carbocycles. The number of nitrogens with zero attached hydrogens (tertiary/aromatic N) is 5. The van der Waals surface area contributed by atoms with Gasteiger partial charge in [-0.2, -0.15) is 4.98 Å². The lowest BCUT2D eigenvalue weighted by atomic mass is 10.2. The van der Waals surface area contributed by atoms with Crippen LogP contribution in [-0.4, -0.2) is 37.1 Å². The van der Waals surface area contributed by atoms with Crippen molar-refractivity contribution in [3.05, 3.63) is 22.3 Å². The van der Waals surface area contributed by atoms with Crippen LogP contribution in [0.5, 0.6) is 0 Å². The summed E-state index contributed by atoms with van der Waals surface area (Å²) in [5.74, 6) is 1.19. The van der Waals surface area contributed by atoms with Crippen LogP contribution in [0.2, 0.25) is 0 Å². The van der Waals surface area contributed by atoms with Crippen molar-refractivity contribution in [3.63, 3.8) is 0 Å². The highest BCUT2D eigenvalue weighted by atomic mass is 32.1. The zero-order chi connectivity index (χ0) is 14.8. The molecule has 3 heterocycles. The fourth-order valence-electron chi connectivity index (χ4n) is 2.56. The summed E-state index contributed by atoms with van der Waals surface area (Å²) in [6.45, 7) is 4.65. The molecule has 8 heteroatoms. The third kappa shape index (κ3) is 2.55. The molecule has 2 aromatic heterocycles. The minimum absolute atomic E-state index is 0.0211. The molecule has 0 saturated carbocycles. The van der Waals surface area contributed by atoms with Gasteiger partial charge in [-0.05, 0) is 30.8 Å². The summed E-state index contributed by atoms with van der Waals surface area (Å²) in [5, 5.41) is 8.03. The maximum absolute atomic E-state index is 12.7. The highest BCUT2D eigenvalue weighted by Crippen LogP contribution is 2.32. The Bertz CT molecular complexity index is 638. The first-order chi connectivity index (χ1) is 10.2. The molecule has 0 N–H and O–H groups in total. The average Bonchev–Trinajstić information content (AvgIpc) is 3.23. The van der Waals surface area contributed by atoms with E-state index in [0.29, 0.717) is 36.0 Å². The molecular weight excluding hydrogens is 290 g/mol. The van der Waals surface area contributed by atoms with Gasteiger partial charge in [-0.1, -0.05) is 23.5 Å². The fourth-order valence-corrected chi connectivity index (χ4v) is 3.26. The molecule has 21 heavy (non-hydrogen) atoms. The molecule has 1 amide bonds. The van der Waals surface area contributed by atoms with Gasteiger partial charge in [-0.25, -0.2) is 0 Å². The van der Waals surface area contributed by atoms with Gasteiger partial charge in [0.25, 0.3) is 5.91 Å². The number of hydrogen-bond donors (Lipinski definition) is 0. The summed E-state index contributed by atoms with van der Waals surface area (Å²) in [4.78, 5) is 19.5. The Morgan fingerprint density at radius 2 is 2.29 bits per heavy atom. The van der Waals surface area contributed by atoms with Crippen LogP contribution < -0.4 is 0 Å². The first-order valence-corrected chi connectivity index (χ1v) is 7.96. The van der Waals surface area contributed by atoms with E-state index in [1.165, 1.54) is 0 Å². The molecule has 1 aliphatic heterocycles. The Morgan fingerprint density at radius 3 is 3.00 bits per heavy atom. The lowest BCUT2D eigenvalue weighted by molar-refractivity contribution is 0.0732. The van der Waals surface area contributed by atoms with Gasteiger partial charge in [0.1, 0.15) is 4.88 Å². The number of carbonyl (C=O) groups is 1. The van der Waals surface area contributed by atoms with Crippen LogP contribution in [-0.2, 0) is 12.8 Å². The first-order valence-electron chi connectivity index (χ1n) is 7.19. The highest BCUT2D eigenvalue weighted by Gasteiger charge is 2.35. The molecule has 0 unspecified atom stereocenters. The summed E-state index contributed by atoms with van der Waals surface area (Å²) < 4.78 is 9.06. The molecule has 0 bridgehead atoms. The Balaban J connectivity index is 1.85. The van der Waals surface area contributed by atoms with Gasteiger partial charge < -0.3 is 9.42 Å². The Hall–Kier alpha value is -1.83. The van der Waals surface area contributed by atoms with Crippen LogP contribution >= 0.6 is 11.5 Å². The predicted molar refractivity (Wildman–Crippen MR) is 76.0 cm³/mol. The van der Waals surface area contributed by atoms with E-state index in [4.69, 9.17) is 4.52 Å². The van der Waals surface area contributed by atoms with Gasteiger partial charge in [0.05, 0.1) is 11.7 Å². The largest absolute Gasteiger partial charge is 0.339 e. The molecule has 1 saturated heterocycles. The maximum Gasteiger partial charge on any atom is 0.268 e. The summed E-state index contributed by atoms with van der Waals surface area (Å²) in [6, 6.07) is -0.103. The van der Waals surface area contributed by atoms with Crippen molar-refractivity contribution >= 4 is 17.4 Å². The lowest BCUT2D eigenvalue weighted by Crippen LogP contribution is -2.31. The second-order valence-corrected chi connectivity index (χ2v) is 5.71. The molecule has 7 nitrogen and oxygen atoms in total. The topological polar surface area (TPSA) is 85.0 Å². The maximum atomic E-state index is 12.7. The molecule has 1 atom stereocenters. The van der Waals surface area contributed by atoms with E-state index in [9.17, 15) is 4.79 Å². The van der Waals surface area contributed by atoms with E-state index in [2.05, 4.69) is 19.7 Å². The third-order valence-corrected chi connectivity index (χ3v) is 4.44. The fraction of sp³-hybridized carbons (Fsp3) is 0.615. The van der Waals surface area contributed by atoms with Crippen LogP contribution in [0.4, 0.5) is 0 Å². The van der Waals surface area contributed by atoms with Crippen molar-refractivity contribution in [3.8, 4) is 0 Å². The second kappa shape index (κ2) is 5.88. The molecule has 2 aromatic rings. The van der Waals surface area contributed by atoms with E-state index in [1.54, 1.807) is 0 Å². The minimum Gasteiger partial charge on any atom is -0.339 e. The van der Waals surface area contributed by atoms with Crippen LogP contribution in [0.3, 0.4) is 0 Å². The quantitative estimate of drug-likeness (QED) is 0.859. The Labute approximate surface area is 126 Å². The third-order valence-electron chi connectivity index (χ3n) is 3.68. The normalized spacial score (nSPS) is 18.4. The van der Waals surface area contributed by atoms with Crippen LogP contribution in [0.25, 0.3) is 0 Å². The van der Waals surface area contributed by atoms with Crippen LogP contribution in [0.1, 0.15) is 59.8 Å². The van der Waals surface area contributed by atoms with Crippen molar-refractivity contribution in [1.82, 2.24) is 24.6 Å². The van der Waals surface area contributed by atoms with Gasteiger partial charge >= 0.3 is 0 Å². The molecule has 1 fully saturated rings. The monoisotopic (exact) mass is 307 g/mol. The van der Waals surface area contributed by atoms with Gasteiger partial charge in [0.15, 0.2) is 5.82 Å². The zero-order valence-electron chi connectivity index (χ0n) is 12.1. The van der Waals surface area contributed by atoms with E-state index < -0.39 is 0 Å². The number of rotatable bonds is 4. The molecule has 112 valence electrons. The highest BCUT2D eigenvalue weighted by molar-refractivity contribution is 7.08. The van der Waals surface area contributed by atoms with E-state index in [-0.39, 0.29) is 11.9 Å². The number of hydrogen-bond acceptors (Lipinski definition) is 7. The number of aromatic nitrogens is 4. The summed E-state index contributed by atoms with van der Waals surface area (Å²) >= 11 is 1.16. The number of carbonyl (C=O) groups excluding carboxylic acids is 1. The second-order valence-electron chi connectivity index (χ2n) is 4.96. The van der Waals surface area contributed by atoms with E-state index in [0.717, 1.165) is 30.1 Å². The molecule has 0 radical (unpaired) electrons. The van der Waals surface area contributed by atoms with Gasteiger partial charge in [-0.3, -0.25) is 4.79 Å². The standard InChI is InChI=1S/C13H17N5O2S/c1-3-8-11(21-17-15-8)13(19)18-7-5-6-9(18)12-14-10(4-2)20-16-12/h9H,3-7H2,1-2H3/t9-/m0/s1. The summed E-state index contributed by atoms with van der Waals surface area (Å²) in [7, 11) is 0. The predicted octanol–water partition coefficient (Wildman–Crippen LogP) is 2.02. The average molecular weight is 307 g/mol. The van der Waals surface area contributed by atoms with Gasteiger partial charge in [0, 0.05) is 13.0 Å². The Morgan fingerprint density at radius 1 is 1.43 bits per heavy atom. The summed E-state index contributed by atoms with van der Waals surface area (Å²) in [6.07, 6.45) is 3.22. The molecule has 1 aliphatic rings. The molecular formula is C13H17N5O2S. The molecule has 0 spiro atoms. The van der Waals surface area contributed by atoms with Crippen LogP contribution in [0.15, 0.2) is 4.52 Å². The van der Waals surface area contributed by atoms with Crippen molar-refractivity contribution in [1.29, 1.82) is 0 Å². The Kier molecular flexibility index (Phi) is 3.96. The van der Waals surface area contributed by atoms with E-state index in [1.807, 2.05) is 18.7 Å². The number of amides is 1. The summed E-state index contributed by atoms with van der Waals surface area (Å²) in [5.41, 5.74) is 0.762. The van der Waals surface area contributed by atoms with Crippen molar-refractivity contribution < 1.29 is 9.32 Å². The van der Waals surface area contributed by atoms with Gasteiger partial charge in [-0.15, -0.1) is 5.10 Å². The lowest BCUT2D eigenvalue weighted by Gasteiger charge is -2.21. The molecule has 0 aromatic carbocycles. The first kappa shape index (κ1) is 14.1. The van der Waals surface area contributed by atoms with Gasteiger partial charge in [0.2, 0.25) is 5.89 Å². The minimum atomic E-state index is -0.103. The molecule has 3 rings (SSSR count). The van der Waals surface area contributed by atoms with Crippen molar-refractivity contribution in [2.45, 2.75) is 45.6 Å². The van der Waals surface area contributed by atoms with Crippen molar-refractivity contribution in [2.75, 3.05) is 6.54 Å². The SMILES string of the molecule is CCc1nc([C@@H]2CCCN2C(=O)c2snnc2CC)no1.